The van der Waals surface area contributed by atoms with Gasteiger partial charge in [-0.05, 0) is 50.5 Å². The van der Waals surface area contributed by atoms with Crippen LogP contribution < -0.4 is 16.4 Å². The number of nitrogens with two attached hydrogens (primary N) is 1. The van der Waals surface area contributed by atoms with Gasteiger partial charge in [0.25, 0.3) is 5.91 Å². The number of carbonyl (C=O) groups is 1. The van der Waals surface area contributed by atoms with Crippen molar-refractivity contribution in [3.63, 3.8) is 0 Å². The Kier molecular flexibility index (Phi) is 11.5. The Morgan fingerprint density at radius 1 is 0.807 bits per heavy atom. The van der Waals surface area contributed by atoms with E-state index in [1.54, 1.807) is 0 Å². The van der Waals surface area contributed by atoms with Crippen molar-refractivity contribution in [1.82, 2.24) is 34.4 Å². The molecule has 298 valence electrons. The van der Waals surface area contributed by atoms with E-state index in [0.29, 0.717) is 55.8 Å². The van der Waals surface area contributed by atoms with Crippen molar-refractivity contribution in [2.75, 3.05) is 29.6 Å². The maximum Gasteiger partial charge on any atom is 0.251 e. The second-order valence-electron chi connectivity index (χ2n) is 16.1. The second-order valence-corrected chi connectivity index (χ2v) is 18.3. The van der Waals surface area contributed by atoms with Gasteiger partial charge in [0.2, 0.25) is 0 Å². The summed E-state index contributed by atoms with van der Waals surface area (Å²) < 4.78 is 28.7. The van der Waals surface area contributed by atoms with E-state index in [1.807, 2.05) is 72.8 Å². The van der Waals surface area contributed by atoms with E-state index in [0.717, 1.165) is 75.1 Å². The normalized spacial score (nSPS) is 12.9. The summed E-state index contributed by atoms with van der Waals surface area (Å²) >= 11 is 0. The van der Waals surface area contributed by atoms with Gasteiger partial charge in [-0.1, -0.05) is 81.8 Å². The fourth-order valence-corrected chi connectivity index (χ4v) is 8.30. The molecule has 0 saturated carbocycles. The Bertz CT molecular complexity index is 2670. The molecule has 12 nitrogen and oxygen atoms in total. The molecule has 0 bridgehead atoms. The first-order valence-electron chi connectivity index (χ1n) is 19.9. The predicted octanol–water partition coefficient (Wildman–Crippen LogP) is 7.73. The number of sulfone groups is 1. The minimum Gasteiger partial charge on any atom is -0.382 e. The van der Waals surface area contributed by atoms with Gasteiger partial charge in [0.1, 0.15) is 32.5 Å². The Balaban J connectivity index is 1.19. The number of fused-ring (bicyclic) bond motifs is 6. The maximum absolute atomic E-state index is 13.0. The number of rotatable bonds is 17. The molecule has 57 heavy (non-hydrogen) atoms. The van der Waals surface area contributed by atoms with Crippen LogP contribution in [0.2, 0.25) is 0 Å². The predicted molar refractivity (Wildman–Crippen MR) is 231 cm³/mol. The summed E-state index contributed by atoms with van der Waals surface area (Å²) in [4.78, 5) is 33.1. The Labute approximate surface area is 334 Å². The van der Waals surface area contributed by atoms with Gasteiger partial charge in [-0.15, -0.1) is 0 Å². The van der Waals surface area contributed by atoms with E-state index in [-0.39, 0.29) is 23.1 Å². The molecule has 3 aromatic carbocycles. The molecule has 0 spiro atoms. The lowest BCUT2D eigenvalue weighted by Gasteiger charge is -2.27. The molecular formula is C44H53N9O3S. The molecule has 0 aliphatic heterocycles. The number of nitrogens with one attached hydrogen (secondary N) is 2. The number of nitrogens with zero attached hydrogens (tertiary/aromatic N) is 6. The van der Waals surface area contributed by atoms with Gasteiger partial charge in [-0.2, -0.15) is 0 Å². The van der Waals surface area contributed by atoms with Crippen LogP contribution >= 0.6 is 0 Å². The molecule has 0 saturated heterocycles. The number of benzene rings is 3. The first-order chi connectivity index (χ1) is 27.3. The maximum atomic E-state index is 13.0. The number of para-hydroxylation sites is 2. The topological polar surface area (TPSA) is 163 Å². The highest BCUT2D eigenvalue weighted by atomic mass is 32.2. The van der Waals surface area contributed by atoms with Crippen molar-refractivity contribution >= 4 is 71.3 Å². The summed E-state index contributed by atoms with van der Waals surface area (Å²) in [6.07, 6.45) is 5.92. The van der Waals surface area contributed by atoms with Crippen LogP contribution in [0.25, 0.3) is 43.9 Å². The summed E-state index contributed by atoms with van der Waals surface area (Å²) in [6, 6.07) is 25.3. The van der Waals surface area contributed by atoms with Crippen LogP contribution in [0.5, 0.6) is 0 Å². The van der Waals surface area contributed by atoms with Crippen molar-refractivity contribution in [3.05, 3.63) is 96.1 Å². The van der Waals surface area contributed by atoms with E-state index < -0.39 is 9.84 Å². The van der Waals surface area contributed by atoms with Gasteiger partial charge in [0.15, 0.2) is 11.6 Å². The van der Waals surface area contributed by atoms with Gasteiger partial charge in [-0.3, -0.25) is 4.79 Å². The fourth-order valence-electron chi connectivity index (χ4n) is 7.65. The highest BCUT2D eigenvalue weighted by molar-refractivity contribution is 7.90. The largest absolute Gasteiger partial charge is 0.382 e. The van der Waals surface area contributed by atoms with Gasteiger partial charge in [0, 0.05) is 66.5 Å². The summed E-state index contributed by atoms with van der Waals surface area (Å²) in [5, 5.41) is 8.86. The SMILES string of the molecule is CCCCc1nc2c(NC(C)CCc3nc4c(N)nc5ccccc5c4n3CCCS(C)(=O)=O)nc3ccccc3c2n1CC(C)(C)CNC(=O)c1ccccc1. The van der Waals surface area contributed by atoms with Crippen LogP contribution in [0.1, 0.15) is 75.4 Å². The Morgan fingerprint density at radius 3 is 2.11 bits per heavy atom. The van der Waals surface area contributed by atoms with Crippen LogP contribution in [0.4, 0.5) is 11.6 Å². The molecule has 0 fully saturated rings. The van der Waals surface area contributed by atoms with E-state index in [2.05, 4.69) is 58.5 Å². The zero-order valence-corrected chi connectivity index (χ0v) is 34.4. The smallest absolute Gasteiger partial charge is 0.251 e. The molecule has 4 heterocycles. The number of pyridine rings is 2. The summed E-state index contributed by atoms with van der Waals surface area (Å²) in [5.74, 6) is 2.92. The highest BCUT2D eigenvalue weighted by Crippen LogP contribution is 2.34. The lowest BCUT2D eigenvalue weighted by atomic mass is 9.92. The molecule has 4 N–H and O–H groups in total. The van der Waals surface area contributed by atoms with Crippen LogP contribution in [0, 0.1) is 5.41 Å². The zero-order chi connectivity index (χ0) is 40.3. The molecule has 7 rings (SSSR count). The molecule has 4 aromatic heterocycles. The van der Waals surface area contributed by atoms with Crippen molar-refractivity contribution in [2.45, 2.75) is 85.4 Å². The number of anilines is 2. The minimum atomic E-state index is -3.13. The molecule has 7 aromatic rings. The third-order valence-corrected chi connectivity index (χ3v) is 11.6. The van der Waals surface area contributed by atoms with Gasteiger partial charge < -0.3 is 25.5 Å². The molecule has 1 atom stereocenters. The lowest BCUT2D eigenvalue weighted by Crippen LogP contribution is -2.36. The molecule has 1 amide bonds. The number of unbranched alkanes of at least 4 members (excludes halogenated alkanes) is 1. The van der Waals surface area contributed by atoms with Gasteiger partial charge in [0.05, 0.1) is 27.8 Å². The number of hydrogen-bond acceptors (Lipinski definition) is 9. The number of hydrogen-bond donors (Lipinski definition) is 3. The standard InChI is InChI=1S/C44H53N9O3S/c1-6-7-22-35-51-38-40(53(35)28-44(3,4)27-46-43(54)30-16-9-8-10-17-30)32-19-12-14-21-34(32)49-42(38)47-29(2)23-24-36-50-37-39(52(36)25-15-26-57(5,55)56)31-18-11-13-20-33(31)48-41(37)45/h8-14,16-21,29H,6-7,15,22-28H2,1-5H3,(H2,45,48)(H,46,54)(H,47,49). The van der Waals surface area contributed by atoms with Crippen LogP contribution in [-0.2, 0) is 35.8 Å². The summed E-state index contributed by atoms with van der Waals surface area (Å²) in [7, 11) is -3.13. The third-order valence-electron chi connectivity index (χ3n) is 10.5. The first kappa shape index (κ1) is 39.7. The van der Waals surface area contributed by atoms with E-state index in [4.69, 9.17) is 20.7 Å². The molecule has 1 unspecified atom stereocenters. The Hall–Kier alpha value is -5.56. The lowest BCUT2D eigenvalue weighted by molar-refractivity contribution is 0.0932. The van der Waals surface area contributed by atoms with Crippen molar-refractivity contribution in [2.24, 2.45) is 5.41 Å². The summed E-state index contributed by atoms with van der Waals surface area (Å²) in [6.45, 7) is 10.3. The quantitative estimate of drug-likeness (QED) is 0.0839. The van der Waals surface area contributed by atoms with Crippen molar-refractivity contribution in [1.29, 1.82) is 0 Å². The first-order valence-corrected chi connectivity index (χ1v) is 22.0. The average Bonchev–Trinajstić information content (AvgIpc) is 3.74. The molecule has 13 heteroatoms. The number of aromatic nitrogens is 6. The van der Waals surface area contributed by atoms with Crippen LogP contribution in [-0.4, -0.2) is 68.0 Å². The number of aryl methyl sites for hydroxylation is 3. The van der Waals surface area contributed by atoms with Crippen LogP contribution in [0.15, 0.2) is 78.9 Å². The van der Waals surface area contributed by atoms with E-state index >= 15 is 0 Å². The van der Waals surface area contributed by atoms with Crippen molar-refractivity contribution < 1.29 is 13.2 Å². The zero-order valence-electron chi connectivity index (χ0n) is 33.5. The van der Waals surface area contributed by atoms with Crippen LogP contribution in [0.3, 0.4) is 0 Å². The summed E-state index contributed by atoms with van der Waals surface area (Å²) in [5.41, 5.74) is 11.8. The monoisotopic (exact) mass is 787 g/mol. The molecule has 0 aliphatic rings. The average molecular weight is 788 g/mol. The molecule has 0 radical (unpaired) electrons. The van der Waals surface area contributed by atoms with E-state index in [9.17, 15) is 13.2 Å². The Morgan fingerprint density at radius 2 is 1.42 bits per heavy atom. The van der Waals surface area contributed by atoms with E-state index in [1.165, 1.54) is 6.26 Å². The number of amides is 1. The minimum absolute atomic E-state index is 0.0211. The fraction of sp³-hybridized carbons (Fsp3) is 0.386. The number of nitrogen functional groups attached to an aromatic ring is 1. The highest BCUT2D eigenvalue weighted by Gasteiger charge is 2.26. The molecular weight excluding hydrogens is 735 g/mol. The van der Waals surface area contributed by atoms with Gasteiger partial charge >= 0.3 is 0 Å². The molecule has 0 aliphatic carbocycles. The number of carbonyl (C=O) groups excluding carboxylic acids is 1. The number of imidazole rings is 2. The van der Waals surface area contributed by atoms with Gasteiger partial charge in [-0.25, -0.2) is 28.4 Å². The second kappa shape index (κ2) is 16.5. The third kappa shape index (κ3) is 8.88. The van der Waals surface area contributed by atoms with Crippen molar-refractivity contribution in [3.8, 4) is 0 Å².